The molecule has 0 aliphatic carbocycles. The minimum Gasteiger partial charge on any atom is -0.493 e. The van der Waals surface area contributed by atoms with Crippen LogP contribution in [-0.4, -0.2) is 23.5 Å². The average Bonchev–Trinajstić information content (AvgIpc) is 2.97. The van der Waals surface area contributed by atoms with Crippen LogP contribution in [0, 0.1) is 0 Å². The highest BCUT2D eigenvalue weighted by molar-refractivity contribution is 5.90. The summed E-state index contributed by atoms with van der Waals surface area (Å²) in [6.45, 7) is 14.2. The molecule has 1 heterocycles. The zero-order chi connectivity index (χ0) is 31.5. The molecule has 2 amide bonds. The van der Waals surface area contributed by atoms with Gasteiger partial charge in [0.2, 0.25) is 5.91 Å². The van der Waals surface area contributed by atoms with Crippen LogP contribution in [0.4, 0.5) is 4.79 Å². The number of imide groups is 1. The van der Waals surface area contributed by atoms with Crippen molar-refractivity contribution in [2.75, 3.05) is 6.61 Å². The molecular formula is C37H59N2O4+. The largest absolute Gasteiger partial charge is 0.493 e. The Bertz CT molecular complexity index is 1080. The van der Waals surface area contributed by atoms with Gasteiger partial charge in [0.25, 0.3) is 0 Å². The van der Waals surface area contributed by atoms with E-state index in [0.717, 1.165) is 46.7 Å². The number of aryl methyl sites for hydroxylation is 1. The zero-order valence-electron chi connectivity index (χ0n) is 28.1. The van der Waals surface area contributed by atoms with Crippen LogP contribution >= 0.6 is 0 Å². The molecule has 1 aromatic heterocycles. The van der Waals surface area contributed by atoms with E-state index < -0.39 is 6.09 Å². The molecule has 0 N–H and O–H groups in total. The Kier molecular flexibility index (Phi) is 17.0. The first-order valence-electron chi connectivity index (χ1n) is 16.8. The molecule has 2 rings (SSSR count). The fourth-order valence-electron chi connectivity index (χ4n) is 5.21. The molecule has 0 aliphatic heterocycles. The van der Waals surface area contributed by atoms with Crippen LogP contribution in [0.25, 0.3) is 0 Å². The number of carbonyl (C=O) groups is 2. The van der Waals surface area contributed by atoms with Gasteiger partial charge in [-0.1, -0.05) is 111 Å². The molecule has 2 aromatic rings. The molecule has 6 nitrogen and oxygen atoms in total. The lowest BCUT2D eigenvalue weighted by atomic mass is 9.85. The fraction of sp³-hybridized carbons (Fsp3) is 0.649. The summed E-state index contributed by atoms with van der Waals surface area (Å²) in [4.78, 5) is 26.3. The Labute approximate surface area is 262 Å². The van der Waals surface area contributed by atoms with Gasteiger partial charge in [-0.15, -0.1) is 0 Å². The molecule has 0 aliphatic rings. The second-order valence-electron chi connectivity index (χ2n) is 12.9. The lowest BCUT2D eigenvalue weighted by Gasteiger charge is -2.24. The quantitative estimate of drug-likeness (QED) is 0.113. The number of hydrogen-bond acceptors (Lipinski definition) is 4. The predicted molar refractivity (Wildman–Crippen MR) is 175 cm³/mol. The van der Waals surface area contributed by atoms with Gasteiger partial charge < -0.3 is 9.47 Å². The summed E-state index contributed by atoms with van der Waals surface area (Å²) in [5.41, 5.74) is 2.72. The summed E-state index contributed by atoms with van der Waals surface area (Å²) in [6.07, 6.45) is 20.2. The monoisotopic (exact) mass is 595 g/mol. The molecule has 43 heavy (non-hydrogen) atoms. The second-order valence-corrected chi connectivity index (χ2v) is 12.9. The maximum absolute atomic E-state index is 12.9. The smallest absolute Gasteiger partial charge is 0.417 e. The number of ether oxygens (including phenoxy) is 2. The first-order chi connectivity index (χ1) is 20.7. The van der Waals surface area contributed by atoms with E-state index in [1.54, 1.807) is 0 Å². The molecule has 0 radical (unpaired) electrons. The van der Waals surface area contributed by atoms with Gasteiger partial charge in [-0.05, 0) is 40.7 Å². The summed E-state index contributed by atoms with van der Waals surface area (Å²) < 4.78 is 13.9. The Morgan fingerprint density at radius 3 is 1.88 bits per heavy atom. The number of amides is 2. The number of pyridine rings is 1. The van der Waals surface area contributed by atoms with Crippen molar-refractivity contribution in [1.82, 2.24) is 4.90 Å². The summed E-state index contributed by atoms with van der Waals surface area (Å²) in [6, 6.07) is 9.87. The van der Waals surface area contributed by atoms with Crippen LogP contribution in [0.5, 0.6) is 5.75 Å². The average molecular weight is 596 g/mol. The van der Waals surface area contributed by atoms with Crippen LogP contribution < -0.4 is 9.30 Å². The fourth-order valence-corrected chi connectivity index (χ4v) is 5.21. The van der Waals surface area contributed by atoms with Gasteiger partial charge in [0.1, 0.15) is 18.9 Å². The van der Waals surface area contributed by atoms with Crippen molar-refractivity contribution in [3.05, 3.63) is 59.4 Å². The maximum Gasteiger partial charge on any atom is 0.417 e. The third-order valence-electron chi connectivity index (χ3n) is 7.85. The minimum absolute atomic E-state index is 0.0933. The molecule has 0 saturated heterocycles. The molecule has 0 fully saturated rings. The van der Waals surface area contributed by atoms with Crippen molar-refractivity contribution < 1.29 is 23.6 Å². The van der Waals surface area contributed by atoms with Crippen LogP contribution in [0.1, 0.15) is 142 Å². The molecule has 6 heteroatoms. The summed E-state index contributed by atoms with van der Waals surface area (Å²) in [7, 11) is 0. The Balaban J connectivity index is 1.80. The van der Waals surface area contributed by atoms with Crippen LogP contribution in [0.2, 0.25) is 0 Å². The molecule has 0 atom stereocenters. The van der Waals surface area contributed by atoms with Crippen LogP contribution in [0.3, 0.4) is 0 Å². The van der Waals surface area contributed by atoms with E-state index in [1.807, 2.05) is 36.7 Å². The van der Waals surface area contributed by atoms with E-state index in [-0.39, 0.29) is 24.5 Å². The Hall–Kier alpha value is -2.89. The van der Waals surface area contributed by atoms with Crippen molar-refractivity contribution in [2.45, 2.75) is 150 Å². The normalized spacial score (nSPS) is 11.4. The number of carbonyl (C=O) groups excluding carboxylic acids is 2. The lowest BCUT2D eigenvalue weighted by molar-refractivity contribution is -0.697. The van der Waals surface area contributed by atoms with Gasteiger partial charge in [-0.3, -0.25) is 4.79 Å². The zero-order valence-corrected chi connectivity index (χ0v) is 28.1. The number of hydrogen-bond donors (Lipinski definition) is 0. The second kappa shape index (κ2) is 20.1. The van der Waals surface area contributed by atoms with Crippen molar-refractivity contribution in [3.8, 4) is 5.75 Å². The molecule has 0 spiro atoms. The van der Waals surface area contributed by atoms with E-state index in [1.165, 1.54) is 77.6 Å². The highest BCUT2D eigenvalue weighted by Gasteiger charge is 2.23. The van der Waals surface area contributed by atoms with Gasteiger partial charge in [-0.2, -0.15) is 0 Å². The highest BCUT2D eigenvalue weighted by atomic mass is 16.6. The van der Waals surface area contributed by atoms with Gasteiger partial charge in [0.05, 0.1) is 13.2 Å². The molecule has 0 saturated carbocycles. The van der Waals surface area contributed by atoms with E-state index >= 15 is 0 Å². The number of rotatable bonds is 20. The first kappa shape index (κ1) is 36.3. The van der Waals surface area contributed by atoms with E-state index in [0.29, 0.717) is 6.61 Å². The van der Waals surface area contributed by atoms with Gasteiger partial charge in [-0.25, -0.2) is 14.3 Å². The van der Waals surface area contributed by atoms with Crippen molar-refractivity contribution in [2.24, 2.45) is 0 Å². The lowest BCUT2D eigenvalue weighted by Crippen LogP contribution is -2.36. The van der Waals surface area contributed by atoms with Gasteiger partial charge in [0.15, 0.2) is 12.4 Å². The number of aromatic nitrogens is 1. The minimum atomic E-state index is -0.637. The summed E-state index contributed by atoms with van der Waals surface area (Å²) in [5.74, 6) is 0.549. The van der Waals surface area contributed by atoms with Gasteiger partial charge >= 0.3 is 6.09 Å². The number of unbranched alkanes of at least 4 members (excludes halogenated alkanes) is 11. The van der Waals surface area contributed by atoms with Crippen molar-refractivity contribution in [3.63, 3.8) is 0 Å². The molecule has 0 bridgehead atoms. The topological polar surface area (TPSA) is 59.7 Å². The number of nitrogens with zero attached hydrogens (tertiary/aromatic N) is 2. The van der Waals surface area contributed by atoms with E-state index in [4.69, 9.17) is 9.47 Å². The third kappa shape index (κ3) is 14.4. The van der Waals surface area contributed by atoms with Crippen molar-refractivity contribution >= 4 is 12.0 Å². The third-order valence-corrected chi connectivity index (χ3v) is 7.85. The Morgan fingerprint density at radius 2 is 1.35 bits per heavy atom. The number of benzene rings is 1. The predicted octanol–water partition coefficient (Wildman–Crippen LogP) is 9.45. The Morgan fingerprint density at radius 1 is 0.767 bits per heavy atom. The molecule has 1 aromatic carbocycles. The van der Waals surface area contributed by atoms with Gasteiger partial charge in [0, 0.05) is 25.5 Å². The van der Waals surface area contributed by atoms with Crippen LogP contribution in [-0.2, 0) is 34.6 Å². The molecule has 240 valence electrons. The van der Waals surface area contributed by atoms with E-state index in [9.17, 15) is 9.59 Å². The summed E-state index contributed by atoms with van der Waals surface area (Å²) >= 11 is 0. The summed E-state index contributed by atoms with van der Waals surface area (Å²) in [5, 5.41) is 0. The van der Waals surface area contributed by atoms with E-state index in [2.05, 4.69) is 45.3 Å². The molecule has 0 unspecified atom stereocenters. The van der Waals surface area contributed by atoms with Crippen molar-refractivity contribution in [1.29, 1.82) is 0 Å². The van der Waals surface area contributed by atoms with Crippen LogP contribution in [0.15, 0.2) is 42.7 Å². The highest BCUT2D eigenvalue weighted by Crippen LogP contribution is 2.33. The SMILES string of the molecule is CCCCCCCCCCCCCCOc1ccc(COC(=O)N(Cc2cc[n+](CCC)cc2)C(C)=O)cc1C(C)(C)C. The maximum atomic E-state index is 12.9. The first-order valence-corrected chi connectivity index (χ1v) is 16.8. The molecular weight excluding hydrogens is 536 g/mol. The standard InChI is InChI=1S/C37H59N2O4/c1-7-9-10-11-12-13-14-15-16-17-18-19-27-42-35-21-20-33(28-34(35)37(4,5)6)30-43-36(41)39(31(3)40)29-32-22-25-38(24-8-2)26-23-32/h20-23,25-26,28H,7-19,24,27,29-30H2,1-6H3/q+1.